The summed E-state index contributed by atoms with van der Waals surface area (Å²) >= 11 is 0. The van der Waals surface area contributed by atoms with E-state index in [1.807, 2.05) is 30.3 Å². The van der Waals surface area contributed by atoms with Crippen molar-refractivity contribution in [2.24, 2.45) is 5.92 Å². The number of benzene rings is 1. The Hall–Kier alpha value is -0.890. The van der Waals surface area contributed by atoms with Crippen molar-refractivity contribution in [1.29, 1.82) is 0 Å². The summed E-state index contributed by atoms with van der Waals surface area (Å²) in [4.78, 5) is 4.18. The zero-order chi connectivity index (χ0) is 10.5. The van der Waals surface area contributed by atoms with Gasteiger partial charge in [0.2, 0.25) is 0 Å². The van der Waals surface area contributed by atoms with E-state index in [-0.39, 0.29) is 6.10 Å². The van der Waals surface area contributed by atoms with Gasteiger partial charge in [-0.15, -0.1) is 0 Å². The first-order chi connectivity index (χ1) is 7.42. The van der Waals surface area contributed by atoms with Crippen molar-refractivity contribution >= 4 is 0 Å². The quantitative estimate of drug-likeness (QED) is 0.723. The van der Waals surface area contributed by atoms with Crippen molar-refractivity contribution in [2.75, 3.05) is 0 Å². The minimum atomic E-state index is -0.355. The van der Waals surface area contributed by atoms with E-state index in [1.165, 1.54) is 19.3 Å². The third kappa shape index (κ3) is 2.57. The van der Waals surface area contributed by atoms with E-state index >= 15 is 0 Å². The molecule has 0 aliphatic heterocycles. The zero-order valence-electron chi connectivity index (χ0n) is 8.86. The van der Waals surface area contributed by atoms with Crippen molar-refractivity contribution in [3.05, 3.63) is 35.9 Å². The maximum Gasteiger partial charge on any atom is 0.126 e. The van der Waals surface area contributed by atoms with Gasteiger partial charge < -0.3 is 0 Å². The average Bonchev–Trinajstić information content (AvgIpc) is 2.33. The molecular formula is C13H17FO. The highest BCUT2D eigenvalue weighted by molar-refractivity contribution is 5.18. The van der Waals surface area contributed by atoms with Gasteiger partial charge in [-0.2, -0.15) is 4.94 Å². The van der Waals surface area contributed by atoms with Crippen molar-refractivity contribution in [3.8, 4) is 0 Å². The molecule has 1 saturated carbocycles. The number of halogens is 1. The van der Waals surface area contributed by atoms with Gasteiger partial charge in [-0.05, 0) is 28.8 Å². The third-order valence-electron chi connectivity index (χ3n) is 3.30. The van der Waals surface area contributed by atoms with Gasteiger partial charge in [0.25, 0.3) is 0 Å². The Balaban J connectivity index is 2.09. The highest BCUT2D eigenvalue weighted by Crippen LogP contribution is 2.36. The van der Waals surface area contributed by atoms with Crippen LogP contribution < -0.4 is 0 Å². The van der Waals surface area contributed by atoms with Crippen molar-refractivity contribution in [1.82, 2.24) is 0 Å². The maximum absolute atomic E-state index is 12.6. The Labute approximate surface area is 90.2 Å². The van der Waals surface area contributed by atoms with Gasteiger partial charge in [0, 0.05) is 0 Å². The normalized spacial score (nSPS) is 20.1. The van der Waals surface area contributed by atoms with E-state index in [4.69, 9.17) is 0 Å². The predicted octanol–water partition coefficient (Wildman–Crippen LogP) is 4.21. The van der Waals surface area contributed by atoms with Gasteiger partial charge in [0.1, 0.15) is 6.10 Å². The van der Waals surface area contributed by atoms with Crippen molar-refractivity contribution in [2.45, 2.75) is 38.2 Å². The fourth-order valence-electron chi connectivity index (χ4n) is 2.48. The molecule has 0 bridgehead atoms. The number of rotatable bonds is 3. The smallest absolute Gasteiger partial charge is 0.126 e. The molecule has 1 unspecified atom stereocenters. The van der Waals surface area contributed by atoms with Crippen LogP contribution in [0, 0.1) is 5.92 Å². The van der Waals surface area contributed by atoms with Crippen LogP contribution in [-0.2, 0) is 4.94 Å². The first-order valence-electron chi connectivity index (χ1n) is 5.74. The van der Waals surface area contributed by atoms with Crippen LogP contribution in [0.4, 0.5) is 4.53 Å². The molecule has 1 aliphatic rings. The Morgan fingerprint density at radius 3 is 2.33 bits per heavy atom. The lowest BCUT2D eigenvalue weighted by Gasteiger charge is -2.27. The van der Waals surface area contributed by atoms with Crippen LogP contribution in [0.5, 0.6) is 0 Å². The monoisotopic (exact) mass is 208 g/mol. The Kier molecular flexibility index (Phi) is 3.73. The summed E-state index contributed by atoms with van der Waals surface area (Å²) in [6, 6.07) is 9.70. The molecule has 1 aromatic carbocycles. The first kappa shape index (κ1) is 10.6. The lowest BCUT2D eigenvalue weighted by Crippen LogP contribution is -2.16. The second kappa shape index (κ2) is 5.26. The average molecular weight is 208 g/mol. The SMILES string of the molecule is FOC(c1ccccc1)C1CCCCC1. The van der Waals surface area contributed by atoms with Crippen LogP contribution in [0.3, 0.4) is 0 Å². The van der Waals surface area contributed by atoms with Crippen LogP contribution in [0.1, 0.15) is 43.8 Å². The summed E-state index contributed by atoms with van der Waals surface area (Å²) in [7, 11) is 0. The molecule has 1 nitrogen and oxygen atoms in total. The van der Waals surface area contributed by atoms with Crippen LogP contribution in [0.2, 0.25) is 0 Å². The number of hydrogen-bond donors (Lipinski definition) is 0. The minimum Gasteiger partial charge on any atom is -0.186 e. The molecule has 2 heteroatoms. The Morgan fingerprint density at radius 1 is 1.07 bits per heavy atom. The van der Waals surface area contributed by atoms with Gasteiger partial charge in [0.05, 0.1) is 0 Å². The van der Waals surface area contributed by atoms with Crippen LogP contribution in [0.25, 0.3) is 0 Å². The van der Waals surface area contributed by atoms with Crippen LogP contribution >= 0.6 is 0 Å². The second-order valence-electron chi connectivity index (χ2n) is 4.32. The molecule has 0 spiro atoms. The molecule has 0 aromatic heterocycles. The van der Waals surface area contributed by atoms with Gasteiger partial charge in [-0.25, -0.2) is 0 Å². The van der Waals surface area contributed by atoms with E-state index in [0.29, 0.717) is 5.92 Å². The first-order valence-corrected chi connectivity index (χ1v) is 5.74. The molecule has 1 atom stereocenters. The highest BCUT2D eigenvalue weighted by atomic mass is 19.3. The standard InChI is InChI=1S/C13H17FO/c14-15-13(11-7-3-1-4-8-11)12-9-5-2-6-10-12/h1,3-4,7-8,12-13H,2,5-6,9-10H2. The number of hydrogen-bond acceptors (Lipinski definition) is 1. The van der Waals surface area contributed by atoms with E-state index in [0.717, 1.165) is 18.4 Å². The fourth-order valence-corrected chi connectivity index (χ4v) is 2.48. The van der Waals surface area contributed by atoms with Gasteiger partial charge in [-0.1, -0.05) is 49.6 Å². The molecule has 2 rings (SSSR count). The lowest BCUT2D eigenvalue weighted by atomic mass is 9.83. The molecular weight excluding hydrogens is 191 g/mol. The summed E-state index contributed by atoms with van der Waals surface area (Å²) in [5, 5.41) is 0. The molecule has 0 N–H and O–H groups in total. The molecule has 1 aliphatic carbocycles. The molecule has 82 valence electrons. The van der Waals surface area contributed by atoms with Crippen LogP contribution in [-0.4, -0.2) is 0 Å². The van der Waals surface area contributed by atoms with Gasteiger partial charge in [-0.3, -0.25) is 0 Å². The van der Waals surface area contributed by atoms with E-state index < -0.39 is 0 Å². The highest BCUT2D eigenvalue weighted by Gasteiger charge is 2.26. The summed E-state index contributed by atoms with van der Waals surface area (Å²) in [6.45, 7) is 0. The van der Waals surface area contributed by atoms with Gasteiger partial charge in [0.15, 0.2) is 0 Å². The van der Waals surface area contributed by atoms with Crippen molar-refractivity contribution in [3.63, 3.8) is 0 Å². The largest absolute Gasteiger partial charge is 0.186 e. The minimum absolute atomic E-state index is 0.353. The van der Waals surface area contributed by atoms with E-state index in [9.17, 15) is 4.53 Å². The van der Waals surface area contributed by atoms with Crippen molar-refractivity contribution < 1.29 is 9.47 Å². The third-order valence-corrected chi connectivity index (χ3v) is 3.30. The van der Waals surface area contributed by atoms with E-state index in [2.05, 4.69) is 4.94 Å². The molecule has 1 aromatic rings. The molecule has 1 fully saturated rings. The Morgan fingerprint density at radius 2 is 1.73 bits per heavy atom. The fraction of sp³-hybridized carbons (Fsp3) is 0.538. The summed E-state index contributed by atoms with van der Waals surface area (Å²) in [6.07, 6.45) is 5.51. The summed E-state index contributed by atoms with van der Waals surface area (Å²) in [5.74, 6) is 0.353. The lowest BCUT2D eigenvalue weighted by molar-refractivity contribution is -0.202. The molecule has 0 radical (unpaired) electrons. The predicted molar refractivity (Wildman–Crippen MR) is 58.0 cm³/mol. The topological polar surface area (TPSA) is 9.23 Å². The Bertz CT molecular complexity index is 280. The summed E-state index contributed by atoms with van der Waals surface area (Å²) < 4.78 is 12.6. The maximum atomic E-state index is 12.6. The molecule has 0 heterocycles. The molecule has 15 heavy (non-hydrogen) atoms. The molecule has 0 amide bonds. The zero-order valence-corrected chi connectivity index (χ0v) is 8.86. The summed E-state index contributed by atoms with van der Waals surface area (Å²) in [5.41, 5.74) is 0.965. The second-order valence-corrected chi connectivity index (χ2v) is 4.32. The molecule has 0 saturated heterocycles. The van der Waals surface area contributed by atoms with Crippen LogP contribution in [0.15, 0.2) is 30.3 Å². The van der Waals surface area contributed by atoms with Gasteiger partial charge >= 0.3 is 0 Å². The van der Waals surface area contributed by atoms with E-state index in [1.54, 1.807) is 0 Å².